The van der Waals surface area contributed by atoms with E-state index in [9.17, 15) is 0 Å². The first kappa shape index (κ1) is 19.7. The Balaban J connectivity index is 1.35. The Hall–Kier alpha value is -3.61. The van der Waals surface area contributed by atoms with Crippen LogP contribution in [0.1, 0.15) is 18.3 Å². The summed E-state index contributed by atoms with van der Waals surface area (Å²) in [6, 6.07) is 18.5. The van der Waals surface area contributed by atoms with E-state index in [-0.39, 0.29) is 0 Å². The number of para-hydroxylation sites is 2. The Bertz CT molecular complexity index is 1110. The van der Waals surface area contributed by atoms with Crippen LogP contribution in [0.25, 0.3) is 16.7 Å². The predicted octanol–water partition coefficient (Wildman–Crippen LogP) is 3.06. The normalized spacial score (nSPS) is 11.7. The molecule has 0 amide bonds. The van der Waals surface area contributed by atoms with Crippen molar-refractivity contribution in [2.75, 3.05) is 13.1 Å². The minimum atomic E-state index is 0.527. The van der Waals surface area contributed by atoms with Gasteiger partial charge in [-0.2, -0.15) is 5.10 Å². The molecule has 0 saturated carbocycles. The molecule has 154 valence electrons. The minimum Gasteiger partial charge on any atom is -0.357 e. The fourth-order valence-corrected chi connectivity index (χ4v) is 3.39. The van der Waals surface area contributed by atoms with Crippen LogP contribution in [0.15, 0.2) is 72.0 Å². The number of benzene rings is 2. The zero-order chi connectivity index (χ0) is 20.8. The van der Waals surface area contributed by atoms with Crippen LogP contribution in [0.5, 0.6) is 0 Å². The van der Waals surface area contributed by atoms with E-state index in [1.165, 1.54) is 5.56 Å². The molecule has 0 fully saturated rings. The van der Waals surface area contributed by atoms with Crippen LogP contribution >= 0.6 is 0 Å². The smallest absolute Gasteiger partial charge is 0.191 e. The van der Waals surface area contributed by atoms with Gasteiger partial charge in [0.05, 0.1) is 16.7 Å². The van der Waals surface area contributed by atoms with E-state index < -0.39 is 0 Å². The fraction of sp³-hybridized carbons (Fsp3) is 0.261. The number of aliphatic imine (C=N–C) groups is 1. The summed E-state index contributed by atoms with van der Waals surface area (Å²) in [7, 11) is 2.04. The van der Waals surface area contributed by atoms with Crippen molar-refractivity contribution in [2.24, 2.45) is 12.0 Å². The number of aromatic nitrogens is 4. The zero-order valence-corrected chi connectivity index (χ0v) is 17.4. The molecular weight excluding hydrogens is 374 g/mol. The van der Waals surface area contributed by atoms with Gasteiger partial charge in [-0.1, -0.05) is 24.3 Å². The Labute approximate surface area is 176 Å². The molecule has 4 rings (SSSR count). The van der Waals surface area contributed by atoms with E-state index in [0.29, 0.717) is 6.54 Å². The number of guanidine groups is 1. The predicted molar refractivity (Wildman–Crippen MR) is 121 cm³/mol. The molecule has 2 heterocycles. The van der Waals surface area contributed by atoms with Crippen LogP contribution in [0.2, 0.25) is 0 Å². The lowest BCUT2D eigenvalue weighted by molar-refractivity contribution is 0.772. The van der Waals surface area contributed by atoms with Crippen LogP contribution in [0, 0.1) is 0 Å². The third-order valence-electron chi connectivity index (χ3n) is 5.01. The van der Waals surface area contributed by atoms with Gasteiger partial charge in [0.2, 0.25) is 0 Å². The molecular formula is C23H27N7. The molecule has 0 radical (unpaired) electrons. The monoisotopic (exact) mass is 401 g/mol. The molecule has 2 N–H and O–H groups in total. The van der Waals surface area contributed by atoms with Gasteiger partial charge >= 0.3 is 0 Å². The molecule has 7 heteroatoms. The van der Waals surface area contributed by atoms with Gasteiger partial charge in [0, 0.05) is 32.5 Å². The third kappa shape index (κ3) is 4.51. The van der Waals surface area contributed by atoms with Crippen LogP contribution < -0.4 is 10.6 Å². The molecule has 2 aromatic carbocycles. The topological polar surface area (TPSA) is 72.1 Å². The molecule has 4 aromatic rings. The van der Waals surface area contributed by atoms with Crippen LogP contribution in [0.3, 0.4) is 0 Å². The number of hydrogen-bond donors (Lipinski definition) is 2. The molecule has 0 saturated heterocycles. The summed E-state index contributed by atoms with van der Waals surface area (Å²) in [6.45, 7) is 4.21. The van der Waals surface area contributed by atoms with Crippen LogP contribution in [-0.2, 0) is 20.0 Å². The van der Waals surface area contributed by atoms with Gasteiger partial charge in [-0.3, -0.25) is 0 Å². The van der Waals surface area contributed by atoms with Crippen molar-refractivity contribution in [1.29, 1.82) is 0 Å². The van der Waals surface area contributed by atoms with Crippen molar-refractivity contribution in [2.45, 2.75) is 19.9 Å². The van der Waals surface area contributed by atoms with E-state index in [2.05, 4.69) is 57.6 Å². The van der Waals surface area contributed by atoms with E-state index in [0.717, 1.165) is 48.0 Å². The fourth-order valence-electron chi connectivity index (χ4n) is 3.39. The van der Waals surface area contributed by atoms with E-state index in [1.54, 1.807) is 6.20 Å². The molecule has 0 bridgehead atoms. The number of imidazole rings is 1. The highest BCUT2D eigenvalue weighted by molar-refractivity contribution is 5.80. The van der Waals surface area contributed by atoms with Gasteiger partial charge < -0.3 is 15.2 Å². The maximum absolute atomic E-state index is 4.72. The summed E-state index contributed by atoms with van der Waals surface area (Å²) in [5.41, 5.74) is 4.46. The highest BCUT2D eigenvalue weighted by Gasteiger charge is 2.07. The first-order valence-corrected chi connectivity index (χ1v) is 10.3. The van der Waals surface area contributed by atoms with Crippen LogP contribution in [0.4, 0.5) is 0 Å². The van der Waals surface area contributed by atoms with Crippen molar-refractivity contribution in [1.82, 2.24) is 30.0 Å². The molecule has 0 atom stereocenters. The minimum absolute atomic E-state index is 0.527. The van der Waals surface area contributed by atoms with Gasteiger partial charge in [0.15, 0.2) is 5.96 Å². The average molecular weight is 402 g/mol. The number of nitrogens with one attached hydrogen (secondary N) is 2. The molecule has 0 spiro atoms. The Morgan fingerprint density at radius 3 is 2.60 bits per heavy atom. The van der Waals surface area contributed by atoms with E-state index >= 15 is 0 Å². The lowest BCUT2D eigenvalue weighted by Crippen LogP contribution is -2.38. The third-order valence-corrected chi connectivity index (χ3v) is 5.01. The lowest BCUT2D eigenvalue weighted by atomic mass is 10.1. The number of aryl methyl sites for hydroxylation is 1. The van der Waals surface area contributed by atoms with Gasteiger partial charge in [-0.15, -0.1) is 0 Å². The summed E-state index contributed by atoms with van der Waals surface area (Å²) in [5.74, 6) is 1.75. The second-order valence-corrected chi connectivity index (χ2v) is 7.06. The van der Waals surface area contributed by atoms with E-state index in [1.807, 2.05) is 42.2 Å². The highest BCUT2D eigenvalue weighted by atomic mass is 15.3. The van der Waals surface area contributed by atoms with Gasteiger partial charge in [-0.05, 0) is 49.2 Å². The first-order valence-electron chi connectivity index (χ1n) is 10.3. The molecule has 30 heavy (non-hydrogen) atoms. The Morgan fingerprint density at radius 1 is 1.03 bits per heavy atom. The summed E-state index contributed by atoms with van der Waals surface area (Å²) in [6.07, 6.45) is 4.64. The molecule has 7 nitrogen and oxygen atoms in total. The largest absolute Gasteiger partial charge is 0.357 e. The number of rotatable bonds is 7. The maximum Gasteiger partial charge on any atom is 0.191 e. The lowest BCUT2D eigenvalue weighted by Gasteiger charge is -2.11. The molecule has 0 aliphatic heterocycles. The standard InChI is InChI=1S/C23H27N7/c1-3-24-23(26-17-22-28-20-7-4-5-8-21(20)29(22)2)25-15-13-18-9-11-19(12-10-18)30-16-6-14-27-30/h4-12,14,16H,3,13,15,17H2,1-2H3,(H2,24,25,26). The van der Waals surface area contributed by atoms with Gasteiger partial charge in [-0.25, -0.2) is 14.7 Å². The average Bonchev–Trinajstić information content (AvgIpc) is 3.41. The van der Waals surface area contributed by atoms with Crippen molar-refractivity contribution < 1.29 is 0 Å². The Kier molecular flexibility index (Phi) is 6.08. The number of hydrogen-bond acceptors (Lipinski definition) is 3. The molecule has 0 aliphatic rings. The summed E-state index contributed by atoms with van der Waals surface area (Å²) >= 11 is 0. The van der Waals surface area contributed by atoms with Crippen LogP contribution in [-0.4, -0.2) is 38.4 Å². The maximum atomic E-state index is 4.72. The van der Waals surface area contributed by atoms with Gasteiger partial charge in [0.25, 0.3) is 0 Å². The second kappa shape index (κ2) is 9.26. The van der Waals surface area contributed by atoms with Crippen molar-refractivity contribution in [3.05, 3.63) is 78.4 Å². The summed E-state index contributed by atoms with van der Waals surface area (Å²) < 4.78 is 3.96. The zero-order valence-electron chi connectivity index (χ0n) is 17.4. The van der Waals surface area contributed by atoms with E-state index in [4.69, 9.17) is 9.98 Å². The van der Waals surface area contributed by atoms with Crippen molar-refractivity contribution in [3.63, 3.8) is 0 Å². The molecule has 2 aromatic heterocycles. The number of nitrogens with zero attached hydrogens (tertiary/aromatic N) is 5. The quantitative estimate of drug-likeness (QED) is 0.369. The van der Waals surface area contributed by atoms with Gasteiger partial charge in [0.1, 0.15) is 12.4 Å². The SMILES string of the molecule is CCNC(=NCc1nc2ccccc2n1C)NCCc1ccc(-n2cccn2)cc1. The molecule has 0 unspecified atom stereocenters. The first-order chi connectivity index (χ1) is 14.7. The molecule has 0 aliphatic carbocycles. The second-order valence-electron chi connectivity index (χ2n) is 7.06. The summed E-state index contributed by atoms with van der Waals surface area (Å²) in [5, 5.41) is 11.0. The number of fused-ring (bicyclic) bond motifs is 1. The van der Waals surface area contributed by atoms with Crippen molar-refractivity contribution >= 4 is 17.0 Å². The summed E-state index contributed by atoms with van der Waals surface area (Å²) in [4.78, 5) is 9.41. The highest BCUT2D eigenvalue weighted by Crippen LogP contribution is 2.14. The van der Waals surface area contributed by atoms with Crippen molar-refractivity contribution in [3.8, 4) is 5.69 Å². The Morgan fingerprint density at radius 2 is 1.87 bits per heavy atom.